The minimum absolute atomic E-state index is 0. The third-order valence-electron chi connectivity index (χ3n) is 4.34. The fourth-order valence-electron chi connectivity index (χ4n) is 2.78. The smallest absolute Gasteiger partial charge is 0.354 e. The van der Waals surface area contributed by atoms with Crippen LogP contribution >= 0.6 is 12.4 Å². The van der Waals surface area contributed by atoms with Gasteiger partial charge in [0.05, 0.1) is 18.5 Å². The summed E-state index contributed by atoms with van der Waals surface area (Å²) in [6, 6.07) is -0.712. The molecule has 0 spiro atoms. The highest BCUT2D eigenvalue weighted by Gasteiger charge is 2.45. The van der Waals surface area contributed by atoms with Crippen LogP contribution < -0.4 is 16.4 Å². The highest BCUT2D eigenvalue weighted by Crippen LogP contribution is 2.41. The van der Waals surface area contributed by atoms with E-state index in [9.17, 15) is 22.8 Å². The van der Waals surface area contributed by atoms with Crippen molar-refractivity contribution in [3.05, 3.63) is 0 Å². The molecule has 0 saturated heterocycles. The predicted octanol–water partition coefficient (Wildman–Crippen LogP) is 1.99. The van der Waals surface area contributed by atoms with Crippen LogP contribution in [0.2, 0.25) is 0 Å². The van der Waals surface area contributed by atoms with Gasteiger partial charge in [-0.15, -0.1) is 12.4 Å². The molecule has 1 aliphatic rings. The van der Waals surface area contributed by atoms with Gasteiger partial charge in [-0.3, -0.25) is 9.59 Å². The van der Waals surface area contributed by atoms with Gasteiger partial charge in [0.2, 0.25) is 11.8 Å². The quantitative estimate of drug-likeness (QED) is 0.665. The number of amides is 2. The molecule has 0 aromatic rings. The Morgan fingerprint density at radius 1 is 1.17 bits per heavy atom. The van der Waals surface area contributed by atoms with Crippen molar-refractivity contribution in [3.63, 3.8) is 0 Å². The second-order valence-electron chi connectivity index (χ2n) is 6.48. The molecular weight excluding hydrogens is 347 g/mol. The summed E-state index contributed by atoms with van der Waals surface area (Å²) in [7, 11) is 0. The Morgan fingerprint density at radius 2 is 1.75 bits per heavy atom. The average Bonchev–Trinajstić information content (AvgIpc) is 2.49. The highest BCUT2D eigenvalue weighted by molar-refractivity contribution is 5.87. The van der Waals surface area contributed by atoms with Gasteiger partial charge in [0.1, 0.15) is 0 Å². The summed E-state index contributed by atoms with van der Waals surface area (Å²) in [6.45, 7) is 3.27. The number of nitrogens with two attached hydrogens (primary N) is 1. The lowest BCUT2D eigenvalue weighted by atomic mass is 9.78. The van der Waals surface area contributed by atoms with Gasteiger partial charge in [-0.1, -0.05) is 26.7 Å². The van der Waals surface area contributed by atoms with E-state index in [2.05, 4.69) is 10.6 Å². The highest BCUT2D eigenvalue weighted by atomic mass is 35.5. The van der Waals surface area contributed by atoms with Crippen molar-refractivity contribution in [2.45, 2.75) is 51.7 Å². The molecule has 1 saturated carbocycles. The number of alkyl halides is 3. The molecule has 142 valence electrons. The van der Waals surface area contributed by atoms with E-state index in [-0.39, 0.29) is 37.8 Å². The molecule has 1 fully saturated rings. The zero-order valence-electron chi connectivity index (χ0n) is 14.0. The Morgan fingerprint density at radius 3 is 2.29 bits per heavy atom. The number of nitrogens with one attached hydrogen (secondary N) is 2. The van der Waals surface area contributed by atoms with E-state index in [1.54, 1.807) is 13.8 Å². The van der Waals surface area contributed by atoms with Crippen molar-refractivity contribution < 1.29 is 22.8 Å². The molecule has 0 aromatic heterocycles. The van der Waals surface area contributed by atoms with Crippen molar-refractivity contribution >= 4 is 24.2 Å². The molecule has 3 atom stereocenters. The van der Waals surface area contributed by atoms with Crippen LogP contribution in [0.15, 0.2) is 0 Å². The fourth-order valence-corrected chi connectivity index (χ4v) is 2.78. The molecule has 5 nitrogen and oxygen atoms in total. The lowest BCUT2D eigenvalue weighted by molar-refractivity contribution is -0.195. The summed E-state index contributed by atoms with van der Waals surface area (Å²) in [5.74, 6) is -2.96. The fraction of sp³-hybridized carbons (Fsp3) is 0.867. The minimum atomic E-state index is -4.23. The largest absolute Gasteiger partial charge is 0.392 e. The van der Waals surface area contributed by atoms with Crippen LogP contribution in [0.4, 0.5) is 13.2 Å². The number of carbonyl (C=O) groups excluding carboxylic acids is 2. The Kier molecular flexibility index (Phi) is 9.65. The lowest BCUT2D eigenvalue weighted by Crippen LogP contribution is -2.48. The molecular formula is C15H27ClF3N3O2. The van der Waals surface area contributed by atoms with Gasteiger partial charge < -0.3 is 16.4 Å². The molecule has 2 unspecified atom stereocenters. The standard InChI is InChI=1S/C15H26F3N3O2.ClH/c1-9(2)13(19)14(23)21-8-12(22)20-7-10-5-3-4-6-11(10)15(16,17)18;/h9-11,13H,3-8,19H2,1-2H3,(H,20,22)(H,21,23);1H/t10?,11?,13-;/m0./s1. The van der Waals surface area contributed by atoms with Gasteiger partial charge >= 0.3 is 6.18 Å². The van der Waals surface area contributed by atoms with Crippen molar-refractivity contribution in [2.75, 3.05) is 13.1 Å². The number of rotatable bonds is 6. The van der Waals surface area contributed by atoms with E-state index in [1.807, 2.05) is 0 Å². The Labute approximate surface area is 146 Å². The van der Waals surface area contributed by atoms with Crippen LogP contribution in [0.25, 0.3) is 0 Å². The van der Waals surface area contributed by atoms with E-state index in [0.29, 0.717) is 12.8 Å². The maximum atomic E-state index is 13.0. The average molecular weight is 374 g/mol. The van der Waals surface area contributed by atoms with Gasteiger partial charge in [-0.2, -0.15) is 13.2 Å². The summed E-state index contributed by atoms with van der Waals surface area (Å²) in [4.78, 5) is 23.3. The molecule has 24 heavy (non-hydrogen) atoms. The third-order valence-corrected chi connectivity index (χ3v) is 4.34. The van der Waals surface area contributed by atoms with Gasteiger partial charge in [0.25, 0.3) is 0 Å². The van der Waals surface area contributed by atoms with E-state index in [1.165, 1.54) is 0 Å². The number of hydrogen-bond donors (Lipinski definition) is 3. The van der Waals surface area contributed by atoms with Crippen LogP contribution in [0, 0.1) is 17.8 Å². The minimum Gasteiger partial charge on any atom is -0.354 e. The maximum Gasteiger partial charge on any atom is 0.392 e. The van der Waals surface area contributed by atoms with E-state index in [4.69, 9.17) is 5.73 Å². The molecule has 0 aromatic carbocycles. The first-order valence-electron chi connectivity index (χ1n) is 7.99. The first-order valence-corrected chi connectivity index (χ1v) is 7.99. The summed E-state index contributed by atoms with van der Waals surface area (Å²) >= 11 is 0. The van der Waals surface area contributed by atoms with Crippen LogP contribution in [0.3, 0.4) is 0 Å². The van der Waals surface area contributed by atoms with Gasteiger partial charge in [0.15, 0.2) is 0 Å². The molecule has 0 bridgehead atoms. The molecule has 0 heterocycles. The summed E-state index contributed by atoms with van der Waals surface area (Å²) in [5.41, 5.74) is 5.63. The summed E-state index contributed by atoms with van der Waals surface area (Å²) < 4.78 is 38.9. The predicted molar refractivity (Wildman–Crippen MR) is 87.6 cm³/mol. The molecule has 2 amide bonds. The van der Waals surface area contributed by atoms with Crippen LogP contribution in [-0.4, -0.2) is 37.1 Å². The lowest BCUT2D eigenvalue weighted by Gasteiger charge is -2.33. The molecule has 0 radical (unpaired) electrons. The number of carbonyl (C=O) groups is 2. The van der Waals surface area contributed by atoms with Gasteiger partial charge in [0, 0.05) is 6.54 Å². The van der Waals surface area contributed by atoms with Crippen LogP contribution in [0.5, 0.6) is 0 Å². The zero-order chi connectivity index (χ0) is 17.6. The van der Waals surface area contributed by atoms with Gasteiger partial charge in [-0.05, 0) is 24.7 Å². The first kappa shape index (κ1) is 23.0. The zero-order valence-corrected chi connectivity index (χ0v) is 14.8. The van der Waals surface area contributed by atoms with Crippen LogP contribution in [-0.2, 0) is 9.59 Å². The normalized spacial score (nSPS) is 22.5. The molecule has 4 N–H and O–H groups in total. The van der Waals surface area contributed by atoms with E-state index >= 15 is 0 Å². The monoisotopic (exact) mass is 373 g/mol. The number of halogens is 4. The Bertz CT molecular complexity index is 419. The van der Waals surface area contributed by atoms with Crippen molar-refractivity contribution in [1.82, 2.24) is 10.6 Å². The third kappa shape index (κ3) is 7.25. The SMILES string of the molecule is CC(C)[C@H](N)C(=O)NCC(=O)NCC1CCCCC1C(F)(F)F.Cl. The van der Waals surface area contributed by atoms with Crippen molar-refractivity contribution in [1.29, 1.82) is 0 Å². The second-order valence-corrected chi connectivity index (χ2v) is 6.48. The maximum absolute atomic E-state index is 13.0. The molecule has 0 aliphatic heterocycles. The van der Waals surface area contributed by atoms with Crippen molar-refractivity contribution in [3.8, 4) is 0 Å². The first-order chi connectivity index (χ1) is 10.6. The molecule has 9 heteroatoms. The number of hydrogen-bond acceptors (Lipinski definition) is 3. The molecule has 1 rings (SSSR count). The Hall–Kier alpha value is -1.02. The molecule has 1 aliphatic carbocycles. The Balaban J connectivity index is 0.00000529. The topological polar surface area (TPSA) is 84.2 Å². The summed E-state index contributed by atoms with van der Waals surface area (Å²) in [5, 5.41) is 4.88. The van der Waals surface area contributed by atoms with Gasteiger partial charge in [-0.25, -0.2) is 0 Å². The van der Waals surface area contributed by atoms with Crippen LogP contribution in [0.1, 0.15) is 39.5 Å². The van der Waals surface area contributed by atoms with E-state index < -0.39 is 35.9 Å². The summed E-state index contributed by atoms with van der Waals surface area (Å²) in [6.07, 6.45) is -2.35. The second kappa shape index (κ2) is 10.1. The van der Waals surface area contributed by atoms with Crippen molar-refractivity contribution in [2.24, 2.45) is 23.5 Å². The van der Waals surface area contributed by atoms with E-state index in [0.717, 1.165) is 6.42 Å².